The fraction of sp³-hybridized carbons (Fsp3) is 0.538. The summed E-state index contributed by atoms with van der Waals surface area (Å²) in [7, 11) is 2.01. The molecule has 0 heterocycles. The highest BCUT2D eigenvalue weighted by atomic mass is 14.8. The topological polar surface area (TPSA) is 12.0 Å². The minimum Gasteiger partial charge on any atom is -0.319 e. The van der Waals surface area contributed by atoms with E-state index < -0.39 is 0 Å². The standard InChI is InChI=1S/C13H19N/c1-10-7-12-4-3-11(5-6-14-2)9-13(12)8-10/h3-4,9-10,14H,5-8H2,1-2H3. The van der Waals surface area contributed by atoms with Gasteiger partial charge in [0.15, 0.2) is 0 Å². The first-order valence-corrected chi connectivity index (χ1v) is 5.55. The molecule has 0 saturated carbocycles. The number of rotatable bonds is 3. The SMILES string of the molecule is CNCCc1ccc2c(c1)CC(C)C2. The third-order valence-corrected chi connectivity index (χ3v) is 3.07. The van der Waals surface area contributed by atoms with Crippen LogP contribution in [0.3, 0.4) is 0 Å². The summed E-state index contributed by atoms with van der Waals surface area (Å²) in [5, 5.41) is 3.19. The van der Waals surface area contributed by atoms with E-state index in [1.165, 1.54) is 18.4 Å². The molecule has 0 bridgehead atoms. The Morgan fingerprint density at radius 3 is 2.86 bits per heavy atom. The van der Waals surface area contributed by atoms with Gasteiger partial charge in [-0.3, -0.25) is 0 Å². The average Bonchev–Trinajstić information content (AvgIpc) is 2.54. The van der Waals surface area contributed by atoms with Gasteiger partial charge in [0.25, 0.3) is 0 Å². The van der Waals surface area contributed by atoms with Crippen LogP contribution in [-0.2, 0) is 19.3 Å². The molecule has 2 rings (SSSR count). The molecule has 76 valence electrons. The zero-order valence-corrected chi connectivity index (χ0v) is 9.14. The fourth-order valence-electron chi connectivity index (χ4n) is 2.32. The van der Waals surface area contributed by atoms with E-state index >= 15 is 0 Å². The summed E-state index contributed by atoms with van der Waals surface area (Å²) in [6.07, 6.45) is 3.71. The molecule has 0 spiro atoms. The van der Waals surface area contributed by atoms with Gasteiger partial charge in [-0.1, -0.05) is 25.1 Å². The molecule has 0 amide bonds. The molecule has 1 N–H and O–H groups in total. The molecule has 1 aliphatic carbocycles. The summed E-state index contributed by atoms with van der Waals surface area (Å²) in [5.41, 5.74) is 4.64. The van der Waals surface area contributed by atoms with Gasteiger partial charge in [0.05, 0.1) is 0 Å². The van der Waals surface area contributed by atoms with Gasteiger partial charge in [0, 0.05) is 0 Å². The molecule has 14 heavy (non-hydrogen) atoms. The number of benzene rings is 1. The Bertz CT molecular complexity index is 317. The number of hydrogen-bond acceptors (Lipinski definition) is 1. The predicted octanol–water partition coefficient (Wildman–Crippen LogP) is 2.18. The van der Waals surface area contributed by atoms with Crippen LogP contribution in [0.5, 0.6) is 0 Å². The van der Waals surface area contributed by atoms with E-state index in [-0.39, 0.29) is 0 Å². The molecule has 1 aromatic rings. The molecule has 0 fully saturated rings. The quantitative estimate of drug-likeness (QED) is 0.768. The maximum atomic E-state index is 3.19. The Labute approximate surface area is 86.5 Å². The maximum Gasteiger partial charge on any atom is -0.00114 e. The first-order valence-electron chi connectivity index (χ1n) is 5.55. The van der Waals surface area contributed by atoms with Crippen LogP contribution in [0, 0.1) is 5.92 Å². The normalized spacial score (nSPS) is 19.7. The molecule has 1 aromatic carbocycles. The van der Waals surface area contributed by atoms with Crippen molar-refractivity contribution in [3.63, 3.8) is 0 Å². The van der Waals surface area contributed by atoms with E-state index in [0.717, 1.165) is 18.9 Å². The van der Waals surface area contributed by atoms with Crippen LogP contribution in [-0.4, -0.2) is 13.6 Å². The largest absolute Gasteiger partial charge is 0.319 e. The Balaban J connectivity index is 2.12. The van der Waals surface area contributed by atoms with Crippen molar-refractivity contribution in [3.05, 3.63) is 34.9 Å². The van der Waals surface area contributed by atoms with Crippen LogP contribution in [0.4, 0.5) is 0 Å². The highest BCUT2D eigenvalue weighted by Crippen LogP contribution is 2.27. The Hall–Kier alpha value is -0.820. The van der Waals surface area contributed by atoms with Crippen molar-refractivity contribution in [2.75, 3.05) is 13.6 Å². The summed E-state index contributed by atoms with van der Waals surface area (Å²) in [6, 6.07) is 7.01. The van der Waals surface area contributed by atoms with Crippen molar-refractivity contribution in [1.82, 2.24) is 5.32 Å². The van der Waals surface area contributed by atoms with E-state index in [1.807, 2.05) is 7.05 Å². The van der Waals surface area contributed by atoms with E-state index in [1.54, 1.807) is 11.1 Å². The zero-order valence-electron chi connectivity index (χ0n) is 9.14. The summed E-state index contributed by atoms with van der Waals surface area (Å²) >= 11 is 0. The van der Waals surface area contributed by atoms with Gasteiger partial charge in [0.2, 0.25) is 0 Å². The lowest BCUT2D eigenvalue weighted by atomic mass is 10.0. The molecule has 1 nitrogen and oxygen atoms in total. The van der Waals surface area contributed by atoms with Gasteiger partial charge in [-0.05, 0) is 55.5 Å². The van der Waals surface area contributed by atoms with E-state index in [9.17, 15) is 0 Å². The second kappa shape index (κ2) is 4.14. The average molecular weight is 189 g/mol. The monoisotopic (exact) mass is 189 g/mol. The Kier molecular flexibility index (Phi) is 2.87. The van der Waals surface area contributed by atoms with Gasteiger partial charge in [-0.15, -0.1) is 0 Å². The van der Waals surface area contributed by atoms with Crippen molar-refractivity contribution < 1.29 is 0 Å². The number of likely N-dealkylation sites (N-methyl/N-ethyl adjacent to an activating group) is 1. The van der Waals surface area contributed by atoms with Crippen LogP contribution in [0.2, 0.25) is 0 Å². The molecule has 1 aliphatic rings. The summed E-state index contributed by atoms with van der Waals surface area (Å²) in [5.74, 6) is 0.851. The zero-order chi connectivity index (χ0) is 9.97. The van der Waals surface area contributed by atoms with Crippen molar-refractivity contribution in [1.29, 1.82) is 0 Å². The first kappa shape index (κ1) is 9.72. The van der Waals surface area contributed by atoms with Gasteiger partial charge >= 0.3 is 0 Å². The molecule has 1 atom stereocenters. The molecule has 0 aromatic heterocycles. The van der Waals surface area contributed by atoms with Gasteiger partial charge in [0.1, 0.15) is 0 Å². The molecule has 0 aliphatic heterocycles. The minimum atomic E-state index is 0.851. The maximum absolute atomic E-state index is 3.19. The van der Waals surface area contributed by atoms with Gasteiger partial charge < -0.3 is 5.32 Å². The molecule has 1 heteroatoms. The van der Waals surface area contributed by atoms with Crippen LogP contribution in [0.1, 0.15) is 23.6 Å². The van der Waals surface area contributed by atoms with Crippen molar-refractivity contribution >= 4 is 0 Å². The second-order valence-corrected chi connectivity index (χ2v) is 4.47. The van der Waals surface area contributed by atoms with E-state index in [0.29, 0.717) is 0 Å². The van der Waals surface area contributed by atoms with Crippen LogP contribution < -0.4 is 5.32 Å². The lowest BCUT2D eigenvalue weighted by Crippen LogP contribution is -2.10. The minimum absolute atomic E-state index is 0.851. The summed E-state index contributed by atoms with van der Waals surface area (Å²) in [4.78, 5) is 0. The second-order valence-electron chi connectivity index (χ2n) is 4.47. The van der Waals surface area contributed by atoms with Crippen molar-refractivity contribution in [3.8, 4) is 0 Å². The molecular weight excluding hydrogens is 170 g/mol. The lowest BCUT2D eigenvalue weighted by molar-refractivity contribution is 0.627. The smallest absolute Gasteiger partial charge is 0.00114 e. The number of nitrogens with one attached hydrogen (secondary N) is 1. The fourth-order valence-corrected chi connectivity index (χ4v) is 2.32. The van der Waals surface area contributed by atoms with Gasteiger partial charge in [-0.25, -0.2) is 0 Å². The van der Waals surface area contributed by atoms with Crippen LogP contribution in [0.25, 0.3) is 0 Å². The molecule has 0 radical (unpaired) electrons. The highest BCUT2D eigenvalue weighted by molar-refractivity contribution is 5.36. The van der Waals surface area contributed by atoms with Crippen LogP contribution >= 0.6 is 0 Å². The first-order chi connectivity index (χ1) is 6.79. The molecule has 1 unspecified atom stereocenters. The molecule has 0 saturated heterocycles. The van der Waals surface area contributed by atoms with Crippen molar-refractivity contribution in [2.24, 2.45) is 5.92 Å². The summed E-state index contributed by atoms with van der Waals surface area (Å²) in [6.45, 7) is 3.42. The third kappa shape index (κ3) is 1.98. The third-order valence-electron chi connectivity index (χ3n) is 3.07. The van der Waals surface area contributed by atoms with Gasteiger partial charge in [-0.2, -0.15) is 0 Å². The summed E-state index contributed by atoms with van der Waals surface area (Å²) < 4.78 is 0. The molecular formula is C13H19N. The number of hydrogen-bond donors (Lipinski definition) is 1. The van der Waals surface area contributed by atoms with E-state index in [2.05, 4.69) is 30.4 Å². The lowest BCUT2D eigenvalue weighted by Gasteiger charge is -2.04. The number of fused-ring (bicyclic) bond motifs is 1. The Morgan fingerprint density at radius 1 is 1.29 bits per heavy atom. The van der Waals surface area contributed by atoms with Crippen molar-refractivity contribution in [2.45, 2.75) is 26.2 Å². The predicted molar refractivity (Wildman–Crippen MR) is 60.6 cm³/mol. The van der Waals surface area contributed by atoms with E-state index in [4.69, 9.17) is 0 Å². The Morgan fingerprint density at radius 2 is 2.07 bits per heavy atom. The van der Waals surface area contributed by atoms with Crippen LogP contribution in [0.15, 0.2) is 18.2 Å². The highest BCUT2D eigenvalue weighted by Gasteiger charge is 2.17.